The number of hydrogen-bond donors (Lipinski definition) is 0. The zero-order valence-corrected chi connectivity index (χ0v) is 19.1. The third-order valence-electron chi connectivity index (χ3n) is 5.23. The van der Waals surface area contributed by atoms with Crippen LogP contribution >= 0.6 is 0 Å². The van der Waals surface area contributed by atoms with E-state index in [1.165, 1.54) is 56.1 Å². The fourth-order valence-corrected chi connectivity index (χ4v) is 3.91. The SMILES string of the molecule is CCCCCCCCC(c1ccc(CCC)cc1)C(OCC)(OCC)OCC. The predicted molar refractivity (Wildman–Crippen MR) is 119 cm³/mol. The maximum absolute atomic E-state index is 6.16. The van der Waals surface area contributed by atoms with Crippen molar-refractivity contribution in [2.45, 2.75) is 104 Å². The normalized spacial score (nSPS) is 13.0. The van der Waals surface area contributed by atoms with Gasteiger partial charge >= 0.3 is 0 Å². The first-order chi connectivity index (χ1) is 13.7. The number of aryl methyl sites for hydroxylation is 1. The number of ether oxygens (including phenoxy) is 3. The van der Waals surface area contributed by atoms with Crippen LogP contribution in [0.15, 0.2) is 24.3 Å². The Morgan fingerprint density at radius 3 is 1.71 bits per heavy atom. The van der Waals surface area contributed by atoms with E-state index in [0.29, 0.717) is 19.8 Å². The van der Waals surface area contributed by atoms with Gasteiger partial charge in [0.25, 0.3) is 5.97 Å². The highest BCUT2D eigenvalue weighted by Crippen LogP contribution is 2.38. The second-order valence-corrected chi connectivity index (χ2v) is 7.50. The summed E-state index contributed by atoms with van der Waals surface area (Å²) in [6, 6.07) is 9.00. The van der Waals surface area contributed by atoms with E-state index in [9.17, 15) is 0 Å². The lowest BCUT2D eigenvalue weighted by atomic mass is 9.89. The van der Waals surface area contributed by atoms with Crippen LogP contribution in [0.1, 0.15) is 103 Å². The van der Waals surface area contributed by atoms with Crippen LogP contribution < -0.4 is 0 Å². The van der Waals surface area contributed by atoms with Crippen molar-refractivity contribution in [2.24, 2.45) is 0 Å². The Morgan fingerprint density at radius 2 is 1.21 bits per heavy atom. The van der Waals surface area contributed by atoms with Crippen LogP contribution in [0.25, 0.3) is 0 Å². The van der Waals surface area contributed by atoms with E-state index in [1.807, 2.05) is 20.8 Å². The van der Waals surface area contributed by atoms with Crippen molar-refractivity contribution in [2.75, 3.05) is 19.8 Å². The van der Waals surface area contributed by atoms with Gasteiger partial charge in [-0.3, -0.25) is 0 Å². The van der Waals surface area contributed by atoms with Gasteiger partial charge in [0.1, 0.15) is 0 Å². The van der Waals surface area contributed by atoms with Crippen LogP contribution in [0, 0.1) is 0 Å². The second kappa shape index (κ2) is 15.0. The fourth-order valence-electron chi connectivity index (χ4n) is 3.91. The first kappa shape index (κ1) is 25.1. The highest BCUT2D eigenvalue weighted by molar-refractivity contribution is 5.26. The summed E-state index contributed by atoms with van der Waals surface area (Å²) in [4.78, 5) is 0. The Balaban J connectivity index is 3.02. The summed E-state index contributed by atoms with van der Waals surface area (Å²) in [5, 5.41) is 0. The Labute approximate surface area is 174 Å². The Morgan fingerprint density at radius 1 is 0.679 bits per heavy atom. The van der Waals surface area contributed by atoms with Crippen LogP contribution in [0.4, 0.5) is 0 Å². The molecule has 0 N–H and O–H groups in total. The Kier molecular flexibility index (Phi) is 13.5. The number of unbranched alkanes of at least 4 members (excludes halogenated alkanes) is 5. The molecule has 1 unspecified atom stereocenters. The van der Waals surface area contributed by atoms with Crippen LogP contribution in [-0.4, -0.2) is 25.8 Å². The molecule has 0 spiro atoms. The van der Waals surface area contributed by atoms with E-state index in [1.54, 1.807) is 0 Å². The highest BCUT2D eigenvalue weighted by Gasteiger charge is 2.42. The lowest BCUT2D eigenvalue weighted by Gasteiger charge is -2.39. The Bertz CT molecular complexity index is 466. The van der Waals surface area contributed by atoms with Gasteiger partial charge in [-0.25, -0.2) is 0 Å². The van der Waals surface area contributed by atoms with Crippen LogP contribution in [-0.2, 0) is 20.6 Å². The largest absolute Gasteiger partial charge is 0.327 e. The van der Waals surface area contributed by atoms with Gasteiger partial charge in [-0.15, -0.1) is 0 Å². The zero-order valence-electron chi connectivity index (χ0n) is 19.1. The summed E-state index contributed by atoms with van der Waals surface area (Å²) < 4.78 is 18.5. The third-order valence-corrected chi connectivity index (χ3v) is 5.23. The molecule has 3 heteroatoms. The maximum atomic E-state index is 6.16. The molecule has 0 fully saturated rings. The van der Waals surface area contributed by atoms with Crippen LogP contribution in [0.5, 0.6) is 0 Å². The monoisotopic (exact) mass is 392 g/mol. The molecule has 0 heterocycles. The molecule has 1 atom stereocenters. The molecule has 0 saturated heterocycles. The molecule has 162 valence electrons. The predicted octanol–water partition coefficient (Wildman–Crippen LogP) is 7.24. The molecule has 0 aliphatic carbocycles. The van der Waals surface area contributed by atoms with Gasteiger partial charge in [0.05, 0.1) is 5.92 Å². The van der Waals surface area contributed by atoms with Gasteiger partial charge in [0.2, 0.25) is 0 Å². The lowest BCUT2D eigenvalue weighted by molar-refractivity contribution is -0.389. The van der Waals surface area contributed by atoms with Gasteiger partial charge in [-0.05, 0) is 44.7 Å². The zero-order chi connectivity index (χ0) is 20.7. The molecule has 1 aromatic carbocycles. The van der Waals surface area contributed by atoms with Gasteiger partial charge < -0.3 is 14.2 Å². The van der Waals surface area contributed by atoms with Gasteiger partial charge in [-0.2, -0.15) is 0 Å². The summed E-state index contributed by atoms with van der Waals surface area (Å²) in [7, 11) is 0. The van der Waals surface area contributed by atoms with Gasteiger partial charge in [0.15, 0.2) is 0 Å². The summed E-state index contributed by atoms with van der Waals surface area (Å²) in [5.41, 5.74) is 2.64. The fraction of sp³-hybridized carbons (Fsp3) is 0.760. The first-order valence-corrected chi connectivity index (χ1v) is 11.7. The molecule has 0 bridgehead atoms. The summed E-state index contributed by atoms with van der Waals surface area (Å²) in [6.07, 6.45) is 11.0. The average molecular weight is 393 g/mol. The van der Waals surface area contributed by atoms with Crippen molar-refractivity contribution in [3.8, 4) is 0 Å². The minimum Gasteiger partial charge on any atom is -0.327 e. The molecule has 28 heavy (non-hydrogen) atoms. The number of hydrogen-bond acceptors (Lipinski definition) is 3. The molecule has 0 aliphatic heterocycles. The quantitative estimate of drug-likeness (QED) is 0.207. The van der Waals surface area contributed by atoms with E-state index in [-0.39, 0.29) is 5.92 Å². The molecule has 0 aliphatic rings. The summed E-state index contributed by atoms with van der Waals surface area (Å²) >= 11 is 0. The van der Waals surface area contributed by atoms with Gasteiger partial charge in [-0.1, -0.05) is 83.1 Å². The number of rotatable bonds is 17. The highest BCUT2D eigenvalue weighted by atomic mass is 16.9. The van der Waals surface area contributed by atoms with Gasteiger partial charge in [0, 0.05) is 19.8 Å². The molecule has 0 radical (unpaired) electrons. The molecule has 3 nitrogen and oxygen atoms in total. The summed E-state index contributed by atoms with van der Waals surface area (Å²) in [5.74, 6) is -0.914. The Hall–Kier alpha value is -0.900. The van der Waals surface area contributed by atoms with Crippen molar-refractivity contribution >= 4 is 0 Å². The van der Waals surface area contributed by atoms with Crippen molar-refractivity contribution < 1.29 is 14.2 Å². The molecule has 0 aromatic heterocycles. The van der Waals surface area contributed by atoms with E-state index in [4.69, 9.17) is 14.2 Å². The van der Waals surface area contributed by atoms with E-state index in [2.05, 4.69) is 38.1 Å². The standard InChI is InChI=1S/C25H44O3/c1-6-11-12-13-14-15-17-24(23-20-18-22(16-7-2)19-21-23)25(26-8-3,27-9-4)28-10-5/h18-21,24H,6-17H2,1-5H3. The minimum atomic E-state index is -0.992. The van der Waals surface area contributed by atoms with Crippen molar-refractivity contribution in [1.82, 2.24) is 0 Å². The number of benzene rings is 1. The molecular formula is C25H44O3. The average Bonchev–Trinajstić information content (AvgIpc) is 2.69. The smallest absolute Gasteiger partial charge is 0.290 e. The maximum Gasteiger partial charge on any atom is 0.290 e. The summed E-state index contributed by atoms with van der Waals surface area (Å²) in [6.45, 7) is 12.2. The molecule has 1 aromatic rings. The first-order valence-electron chi connectivity index (χ1n) is 11.7. The van der Waals surface area contributed by atoms with Crippen molar-refractivity contribution in [3.05, 3.63) is 35.4 Å². The second-order valence-electron chi connectivity index (χ2n) is 7.50. The van der Waals surface area contributed by atoms with Crippen molar-refractivity contribution in [1.29, 1.82) is 0 Å². The molecular weight excluding hydrogens is 348 g/mol. The molecule has 0 saturated carbocycles. The minimum absolute atomic E-state index is 0.0780. The van der Waals surface area contributed by atoms with Crippen LogP contribution in [0.3, 0.4) is 0 Å². The topological polar surface area (TPSA) is 27.7 Å². The van der Waals surface area contributed by atoms with E-state index in [0.717, 1.165) is 12.8 Å². The van der Waals surface area contributed by atoms with E-state index < -0.39 is 5.97 Å². The molecule has 1 rings (SSSR count). The van der Waals surface area contributed by atoms with E-state index >= 15 is 0 Å². The molecule has 0 amide bonds. The van der Waals surface area contributed by atoms with Crippen molar-refractivity contribution in [3.63, 3.8) is 0 Å². The third kappa shape index (κ3) is 8.23. The van der Waals surface area contributed by atoms with Crippen LogP contribution in [0.2, 0.25) is 0 Å². The lowest BCUT2D eigenvalue weighted by Crippen LogP contribution is -2.45.